The standard InChI is InChI=1S/C13H17ClN4/c1-17-4-3-10(8-17)9-18(2)13-6-11(7-15)5-12(14)16-13/h5-6,10H,3-4,8-9H2,1-2H3. The summed E-state index contributed by atoms with van der Waals surface area (Å²) in [5.41, 5.74) is 0.556. The summed E-state index contributed by atoms with van der Waals surface area (Å²) in [6.45, 7) is 3.23. The quantitative estimate of drug-likeness (QED) is 0.783. The molecule has 1 saturated heterocycles. The van der Waals surface area contributed by atoms with E-state index >= 15 is 0 Å². The molecule has 1 fully saturated rings. The Morgan fingerprint density at radius 2 is 2.39 bits per heavy atom. The number of nitrogens with zero attached hydrogens (tertiary/aromatic N) is 4. The van der Waals surface area contributed by atoms with Gasteiger partial charge in [-0.15, -0.1) is 0 Å². The number of hydrogen-bond acceptors (Lipinski definition) is 4. The Hall–Kier alpha value is -1.31. The average molecular weight is 265 g/mol. The molecular formula is C13H17ClN4. The second-order valence-corrected chi connectivity index (χ2v) is 5.33. The first-order chi connectivity index (χ1) is 8.58. The fraction of sp³-hybridized carbons (Fsp3) is 0.538. The number of hydrogen-bond donors (Lipinski definition) is 0. The maximum atomic E-state index is 8.93. The number of likely N-dealkylation sites (tertiary alicyclic amines) is 1. The zero-order valence-corrected chi connectivity index (χ0v) is 11.5. The minimum Gasteiger partial charge on any atom is -0.359 e. The van der Waals surface area contributed by atoms with Crippen molar-refractivity contribution in [3.63, 3.8) is 0 Å². The smallest absolute Gasteiger partial charge is 0.132 e. The van der Waals surface area contributed by atoms with Crippen LogP contribution in [-0.4, -0.2) is 43.6 Å². The van der Waals surface area contributed by atoms with Gasteiger partial charge in [0.1, 0.15) is 11.0 Å². The van der Waals surface area contributed by atoms with Gasteiger partial charge in [0, 0.05) is 20.1 Å². The van der Waals surface area contributed by atoms with E-state index in [0.29, 0.717) is 16.6 Å². The average Bonchev–Trinajstić information content (AvgIpc) is 2.73. The van der Waals surface area contributed by atoms with Crippen LogP contribution in [-0.2, 0) is 0 Å². The van der Waals surface area contributed by atoms with E-state index in [4.69, 9.17) is 16.9 Å². The van der Waals surface area contributed by atoms with Crippen LogP contribution in [0.5, 0.6) is 0 Å². The van der Waals surface area contributed by atoms with Crippen LogP contribution in [0.2, 0.25) is 5.15 Å². The third-order valence-corrected chi connectivity index (χ3v) is 3.52. The van der Waals surface area contributed by atoms with Crippen LogP contribution in [0.4, 0.5) is 5.82 Å². The molecule has 1 aliphatic rings. The van der Waals surface area contributed by atoms with Crippen molar-refractivity contribution in [3.05, 3.63) is 22.8 Å². The molecule has 1 atom stereocenters. The molecule has 0 aromatic carbocycles. The highest BCUT2D eigenvalue weighted by atomic mass is 35.5. The van der Waals surface area contributed by atoms with Crippen LogP contribution >= 0.6 is 11.6 Å². The molecule has 4 nitrogen and oxygen atoms in total. The molecule has 1 unspecified atom stereocenters. The van der Waals surface area contributed by atoms with Crippen LogP contribution in [0.3, 0.4) is 0 Å². The Bertz CT molecular complexity index is 469. The van der Waals surface area contributed by atoms with Gasteiger partial charge in [0.05, 0.1) is 11.6 Å². The van der Waals surface area contributed by atoms with Crippen molar-refractivity contribution in [2.75, 3.05) is 38.6 Å². The summed E-state index contributed by atoms with van der Waals surface area (Å²) in [6, 6.07) is 5.47. The summed E-state index contributed by atoms with van der Waals surface area (Å²) in [7, 11) is 4.14. The monoisotopic (exact) mass is 264 g/mol. The van der Waals surface area contributed by atoms with Crippen molar-refractivity contribution in [3.8, 4) is 6.07 Å². The van der Waals surface area contributed by atoms with E-state index in [1.165, 1.54) is 6.42 Å². The van der Waals surface area contributed by atoms with Crippen molar-refractivity contribution < 1.29 is 0 Å². The lowest BCUT2D eigenvalue weighted by atomic mass is 10.1. The second-order valence-electron chi connectivity index (χ2n) is 4.95. The molecule has 0 saturated carbocycles. The SMILES string of the molecule is CN1CCC(CN(C)c2cc(C#N)cc(Cl)n2)C1. The zero-order valence-electron chi connectivity index (χ0n) is 10.7. The fourth-order valence-corrected chi connectivity index (χ4v) is 2.60. The Labute approximate surface area is 113 Å². The number of aromatic nitrogens is 1. The van der Waals surface area contributed by atoms with E-state index in [1.54, 1.807) is 12.1 Å². The molecule has 0 radical (unpaired) electrons. The Morgan fingerprint density at radius 3 is 3.00 bits per heavy atom. The largest absolute Gasteiger partial charge is 0.359 e. The summed E-state index contributed by atoms with van der Waals surface area (Å²) in [6.07, 6.45) is 1.21. The van der Waals surface area contributed by atoms with E-state index < -0.39 is 0 Å². The lowest BCUT2D eigenvalue weighted by Crippen LogP contribution is -2.27. The number of halogens is 1. The Balaban J connectivity index is 2.06. The molecule has 0 amide bonds. The lowest BCUT2D eigenvalue weighted by molar-refractivity contribution is 0.395. The minimum atomic E-state index is 0.374. The molecule has 1 aromatic heterocycles. The summed E-state index contributed by atoms with van der Waals surface area (Å²) in [5, 5.41) is 9.30. The number of rotatable bonds is 3. The molecule has 0 aliphatic carbocycles. The summed E-state index contributed by atoms with van der Waals surface area (Å²) >= 11 is 5.92. The van der Waals surface area contributed by atoms with Gasteiger partial charge in [-0.1, -0.05) is 11.6 Å². The molecule has 1 aromatic rings. The predicted octanol–water partition coefficient (Wildman–Crippen LogP) is 1.99. The molecule has 2 heterocycles. The molecule has 0 N–H and O–H groups in total. The predicted molar refractivity (Wildman–Crippen MR) is 72.8 cm³/mol. The van der Waals surface area contributed by atoms with Gasteiger partial charge in [-0.25, -0.2) is 4.98 Å². The highest BCUT2D eigenvalue weighted by Crippen LogP contribution is 2.20. The summed E-state index contributed by atoms with van der Waals surface area (Å²) in [5.74, 6) is 1.43. The van der Waals surface area contributed by atoms with E-state index in [9.17, 15) is 0 Å². The van der Waals surface area contributed by atoms with Crippen molar-refractivity contribution in [2.24, 2.45) is 5.92 Å². The van der Waals surface area contributed by atoms with Crippen LogP contribution in [0.1, 0.15) is 12.0 Å². The number of nitriles is 1. The van der Waals surface area contributed by atoms with Crippen LogP contribution in [0.15, 0.2) is 12.1 Å². The molecule has 0 spiro atoms. The van der Waals surface area contributed by atoms with Crippen LogP contribution in [0.25, 0.3) is 0 Å². The van der Waals surface area contributed by atoms with Crippen molar-refractivity contribution in [2.45, 2.75) is 6.42 Å². The first-order valence-corrected chi connectivity index (χ1v) is 6.43. The number of anilines is 1. The Morgan fingerprint density at radius 1 is 1.61 bits per heavy atom. The number of pyridine rings is 1. The summed E-state index contributed by atoms with van der Waals surface area (Å²) in [4.78, 5) is 8.69. The van der Waals surface area contributed by atoms with Gasteiger partial charge in [-0.3, -0.25) is 0 Å². The van der Waals surface area contributed by atoms with Gasteiger partial charge in [-0.2, -0.15) is 5.26 Å². The zero-order chi connectivity index (χ0) is 13.1. The van der Waals surface area contributed by atoms with Gasteiger partial charge < -0.3 is 9.80 Å². The highest BCUT2D eigenvalue weighted by Gasteiger charge is 2.21. The third-order valence-electron chi connectivity index (χ3n) is 3.32. The molecule has 1 aliphatic heterocycles. The van der Waals surface area contributed by atoms with E-state index in [1.807, 2.05) is 7.05 Å². The maximum Gasteiger partial charge on any atom is 0.132 e. The van der Waals surface area contributed by atoms with Crippen LogP contribution < -0.4 is 4.90 Å². The first-order valence-electron chi connectivity index (χ1n) is 6.06. The van der Waals surface area contributed by atoms with Crippen molar-refractivity contribution >= 4 is 17.4 Å². The fourth-order valence-electron chi connectivity index (χ4n) is 2.40. The van der Waals surface area contributed by atoms with E-state index in [0.717, 1.165) is 25.5 Å². The van der Waals surface area contributed by atoms with Gasteiger partial charge >= 0.3 is 0 Å². The second kappa shape index (κ2) is 5.55. The van der Waals surface area contributed by atoms with Crippen molar-refractivity contribution in [1.29, 1.82) is 5.26 Å². The minimum absolute atomic E-state index is 0.374. The van der Waals surface area contributed by atoms with Gasteiger partial charge in [-0.05, 0) is 38.1 Å². The van der Waals surface area contributed by atoms with Gasteiger partial charge in [0.2, 0.25) is 0 Å². The summed E-state index contributed by atoms with van der Waals surface area (Å²) < 4.78 is 0. The lowest BCUT2D eigenvalue weighted by Gasteiger charge is -2.22. The van der Waals surface area contributed by atoms with Crippen molar-refractivity contribution in [1.82, 2.24) is 9.88 Å². The molecule has 96 valence electrons. The molecule has 5 heteroatoms. The topological polar surface area (TPSA) is 43.2 Å². The maximum absolute atomic E-state index is 8.93. The third kappa shape index (κ3) is 3.12. The molecule has 18 heavy (non-hydrogen) atoms. The first kappa shape index (κ1) is 13.1. The molecule has 0 bridgehead atoms. The van der Waals surface area contributed by atoms with Gasteiger partial charge in [0.25, 0.3) is 0 Å². The normalized spacial score (nSPS) is 19.8. The van der Waals surface area contributed by atoms with E-state index in [-0.39, 0.29) is 0 Å². The molecular weight excluding hydrogens is 248 g/mol. The van der Waals surface area contributed by atoms with Gasteiger partial charge in [0.15, 0.2) is 0 Å². The Kier molecular flexibility index (Phi) is 4.05. The molecule has 2 rings (SSSR count). The van der Waals surface area contributed by atoms with E-state index in [2.05, 4.69) is 27.9 Å². The van der Waals surface area contributed by atoms with Crippen LogP contribution in [0, 0.1) is 17.2 Å². The highest BCUT2D eigenvalue weighted by molar-refractivity contribution is 6.29.